The topological polar surface area (TPSA) is 0 Å². The molecule has 0 saturated carbocycles. The molecule has 0 aromatic carbocycles. The van der Waals surface area contributed by atoms with E-state index in [-0.39, 0.29) is 0 Å². The third-order valence-corrected chi connectivity index (χ3v) is 4.23. The fourth-order valence-corrected chi connectivity index (χ4v) is 2.88. The zero-order valence-corrected chi connectivity index (χ0v) is 11.5. The van der Waals surface area contributed by atoms with Gasteiger partial charge in [-0.25, -0.2) is 0 Å². The first-order chi connectivity index (χ1) is 7.84. The summed E-state index contributed by atoms with van der Waals surface area (Å²) >= 11 is 6.47. The zero-order valence-electron chi connectivity index (χ0n) is 10.8. The minimum atomic E-state index is 0.427. The molecule has 2 unspecified atom stereocenters. The summed E-state index contributed by atoms with van der Waals surface area (Å²) in [5.74, 6) is 0.752. The number of rotatable bonds is 8. The summed E-state index contributed by atoms with van der Waals surface area (Å²) in [7, 11) is 0. The molecule has 0 bridgehead atoms. The average molecular weight is 243 g/mol. The highest BCUT2D eigenvalue weighted by Gasteiger charge is 2.18. The van der Waals surface area contributed by atoms with Crippen molar-refractivity contribution < 1.29 is 0 Å². The van der Waals surface area contributed by atoms with Crippen molar-refractivity contribution in [3.8, 4) is 0 Å². The predicted molar refractivity (Wildman–Crippen MR) is 74.1 cm³/mol. The van der Waals surface area contributed by atoms with Gasteiger partial charge in [0.25, 0.3) is 0 Å². The smallest absolute Gasteiger partial charge is 0.0367 e. The van der Waals surface area contributed by atoms with Crippen molar-refractivity contribution in [3.63, 3.8) is 0 Å². The number of unbranched alkanes of at least 4 members (excludes halogenated alkanes) is 5. The minimum absolute atomic E-state index is 0.427. The molecule has 1 aliphatic carbocycles. The fraction of sp³-hybridized carbons (Fsp3) is 0.867. The van der Waals surface area contributed by atoms with Crippen LogP contribution >= 0.6 is 11.6 Å². The Kier molecular flexibility index (Phi) is 8.02. The molecule has 16 heavy (non-hydrogen) atoms. The van der Waals surface area contributed by atoms with Crippen LogP contribution in [-0.4, -0.2) is 5.38 Å². The van der Waals surface area contributed by atoms with E-state index >= 15 is 0 Å². The summed E-state index contributed by atoms with van der Waals surface area (Å²) in [4.78, 5) is 0. The Morgan fingerprint density at radius 1 is 1.12 bits per heavy atom. The summed E-state index contributed by atoms with van der Waals surface area (Å²) in [6, 6.07) is 0. The second-order valence-electron chi connectivity index (χ2n) is 5.12. The van der Waals surface area contributed by atoms with Gasteiger partial charge in [-0.15, -0.1) is 11.6 Å². The van der Waals surface area contributed by atoms with Crippen LogP contribution in [0.2, 0.25) is 0 Å². The maximum atomic E-state index is 6.47. The Balaban J connectivity index is 1.97. The first kappa shape index (κ1) is 14.1. The van der Waals surface area contributed by atoms with E-state index in [0.29, 0.717) is 5.38 Å². The third-order valence-electron chi connectivity index (χ3n) is 3.65. The minimum Gasteiger partial charge on any atom is -0.123 e. The van der Waals surface area contributed by atoms with E-state index in [0.717, 1.165) is 5.92 Å². The van der Waals surface area contributed by atoms with Crippen LogP contribution in [-0.2, 0) is 0 Å². The van der Waals surface area contributed by atoms with Gasteiger partial charge >= 0.3 is 0 Å². The van der Waals surface area contributed by atoms with Crippen LogP contribution in [0.5, 0.6) is 0 Å². The Morgan fingerprint density at radius 2 is 1.88 bits per heavy atom. The second-order valence-corrected chi connectivity index (χ2v) is 5.68. The Bertz CT molecular complexity index is 186. The molecule has 0 fully saturated rings. The lowest BCUT2D eigenvalue weighted by atomic mass is 9.89. The van der Waals surface area contributed by atoms with Crippen LogP contribution in [0.4, 0.5) is 0 Å². The quantitative estimate of drug-likeness (QED) is 0.291. The molecular formula is C15H27Cl. The molecule has 0 nitrogen and oxygen atoms in total. The number of halogens is 1. The van der Waals surface area contributed by atoms with Crippen molar-refractivity contribution in [1.29, 1.82) is 0 Å². The molecule has 1 heteroatoms. The lowest BCUT2D eigenvalue weighted by Crippen LogP contribution is -2.16. The Morgan fingerprint density at radius 3 is 2.56 bits per heavy atom. The van der Waals surface area contributed by atoms with Crippen LogP contribution in [0.25, 0.3) is 0 Å². The average Bonchev–Trinajstić information content (AvgIpc) is 2.34. The van der Waals surface area contributed by atoms with Crippen LogP contribution in [0.3, 0.4) is 0 Å². The zero-order chi connectivity index (χ0) is 11.6. The van der Waals surface area contributed by atoms with Crippen LogP contribution in [0.15, 0.2) is 12.2 Å². The third kappa shape index (κ3) is 5.94. The van der Waals surface area contributed by atoms with Gasteiger partial charge in [-0.2, -0.15) is 0 Å². The monoisotopic (exact) mass is 242 g/mol. The van der Waals surface area contributed by atoms with E-state index in [9.17, 15) is 0 Å². The van der Waals surface area contributed by atoms with Gasteiger partial charge in [-0.05, 0) is 31.6 Å². The molecule has 0 N–H and O–H groups in total. The highest BCUT2D eigenvalue weighted by Crippen LogP contribution is 2.28. The largest absolute Gasteiger partial charge is 0.123 e. The molecular weight excluding hydrogens is 216 g/mol. The normalized spacial score (nSPS) is 22.2. The van der Waals surface area contributed by atoms with Gasteiger partial charge in [0.05, 0.1) is 0 Å². The van der Waals surface area contributed by atoms with Crippen molar-refractivity contribution in [2.75, 3.05) is 0 Å². The SMILES string of the molecule is CCCCCCCCC(Cl)C1CC=CCC1. The van der Waals surface area contributed by atoms with Gasteiger partial charge in [0.1, 0.15) is 0 Å². The number of allylic oxidation sites excluding steroid dienone is 2. The van der Waals surface area contributed by atoms with Crippen molar-refractivity contribution in [1.82, 2.24) is 0 Å². The van der Waals surface area contributed by atoms with Gasteiger partial charge in [-0.1, -0.05) is 57.6 Å². The highest BCUT2D eigenvalue weighted by atomic mass is 35.5. The standard InChI is InChI=1S/C15H27Cl/c1-2-3-4-5-6-10-13-15(16)14-11-8-7-9-12-14/h7-8,14-15H,2-6,9-13H2,1H3. The number of hydrogen-bond donors (Lipinski definition) is 0. The molecule has 2 atom stereocenters. The van der Waals surface area contributed by atoms with Crippen LogP contribution in [0.1, 0.15) is 71.1 Å². The van der Waals surface area contributed by atoms with Crippen LogP contribution < -0.4 is 0 Å². The fourth-order valence-electron chi connectivity index (χ4n) is 2.50. The van der Waals surface area contributed by atoms with E-state index < -0.39 is 0 Å². The maximum Gasteiger partial charge on any atom is 0.0367 e. The van der Waals surface area contributed by atoms with E-state index in [2.05, 4.69) is 19.1 Å². The molecule has 0 aromatic heterocycles. The van der Waals surface area contributed by atoms with Crippen molar-refractivity contribution in [3.05, 3.63) is 12.2 Å². The van der Waals surface area contributed by atoms with Crippen molar-refractivity contribution in [2.24, 2.45) is 5.92 Å². The molecule has 0 spiro atoms. The molecule has 1 aliphatic rings. The first-order valence-electron chi connectivity index (χ1n) is 7.13. The maximum absolute atomic E-state index is 6.47. The first-order valence-corrected chi connectivity index (χ1v) is 7.57. The summed E-state index contributed by atoms with van der Waals surface area (Å²) in [5.41, 5.74) is 0. The summed E-state index contributed by atoms with van der Waals surface area (Å²) in [6.07, 6.45) is 17.9. The summed E-state index contributed by atoms with van der Waals surface area (Å²) in [6.45, 7) is 2.27. The van der Waals surface area contributed by atoms with Gasteiger partial charge in [-0.3, -0.25) is 0 Å². The highest BCUT2D eigenvalue weighted by molar-refractivity contribution is 6.20. The van der Waals surface area contributed by atoms with Crippen molar-refractivity contribution in [2.45, 2.75) is 76.5 Å². The lowest BCUT2D eigenvalue weighted by molar-refractivity contribution is 0.426. The van der Waals surface area contributed by atoms with E-state index in [1.165, 1.54) is 64.2 Å². The molecule has 0 radical (unpaired) electrons. The Hall–Kier alpha value is 0.0300. The Labute approximate surface area is 106 Å². The van der Waals surface area contributed by atoms with Gasteiger partial charge in [0, 0.05) is 5.38 Å². The van der Waals surface area contributed by atoms with Gasteiger partial charge < -0.3 is 0 Å². The molecule has 1 rings (SSSR count). The predicted octanol–water partition coefficient (Wildman–Crippen LogP) is 5.70. The van der Waals surface area contributed by atoms with Crippen molar-refractivity contribution >= 4 is 11.6 Å². The molecule has 94 valence electrons. The molecule has 0 amide bonds. The summed E-state index contributed by atoms with van der Waals surface area (Å²) < 4.78 is 0. The van der Waals surface area contributed by atoms with Gasteiger partial charge in [0.15, 0.2) is 0 Å². The lowest BCUT2D eigenvalue weighted by Gasteiger charge is -2.23. The summed E-state index contributed by atoms with van der Waals surface area (Å²) in [5, 5.41) is 0.427. The van der Waals surface area contributed by atoms with E-state index in [1.807, 2.05) is 0 Å². The molecule has 0 heterocycles. The number of alkyl halides is 1. The molecule has 0 aliphatic heterocycles. The van der Waals surface area contributed by atoms with E-state index in [4.69, 9.17) is 11.6 Å². The van der Waals surface area contributed by atoms with Gasteiger partial charge in [0.2, 0.25) is 0 Å². The number of hydrogen-bond acceptors (Lipinski definition) is 0. The van der Waals surface area contributed by atoms with E-state index in [1.54, 1.807) is 0 Å². The van der Waals surface area contributed by atoms with Crippen LogP contribution in [0, 0.1) is 5.92 Å². The molecule has 0 saturated heterocycles. The second kappa shape index (κ2) is 9.10. The molecule has 0 aromatic rings.